The van der Waals surface area contributed by atoms with E-state index in [0.29, 0.717) is 13.1 Å². The zero-order chi connectivity index (χ0) is 13.8. The van der Waals surface area contributed by atoms with Gasteiger partial charge in [0.05, 0.1) is 13.7 Å². The summed E-state index contributed by atoms with van der Waals surface area (Å²) in [6, 6.07) is 7.81. The van der Waals surface area contributed by atoms with Crippen molar-refractivity contribution in [2.75, 3.05) is 19.9 Å². The maximum Gasteiger partial charge on any atom is 0.176 e. The van der Waals surface area contributed by atoms with Crippen LogP contribution in [0.4, 0.5) is 0 Å². The van der Waals surface area contributed by atoms with E-state index in [1.54, 1.807) is 13.4 Å². The van der Waals surface area contributed by atoms with Gasteiger partial charge in [-0.3, -0.25) is 4.21 Å². The maximum atomic E-state index is 11.2. The lowest BCUT2D eigenvalue weighted by atomic mass is 10.2. The Labute approximate surface area is 115 Å². The number of methoxy groups -OCH3 is 1. The zero-order valence-corrected chi connectivity index (χ0v) is 12.3. The number of furan rings is 1. The molecule has 0 bridgehead atoms. The molecule has 104 valence electrons. The van der Waals surface area contributed by atoms with E-state index >= 15 is 0 Å². The molecule has 2 aromatic rings. The molecule has 0 aliphatic carbocycles. The number of rotatable bonds is 6. The van der Waals surface area contributed by atoms with Crippen LogP contribution in [0, 0.1) is 0 Å². The fourth-order valence-electron chi connectivity index (χ4n) is 1.85. The molecule has 0 saturated carbocycles. The first kappa shape index (κ1) is 14.1. The molecule has 5 heteroatoms. The summed E-state index contributed by atoms with van der Waals surface area (Å²) in [6.07, 6.45) is 1.72. The van der Waals surface area contributed by atoms with Gasteiger partial charge in [-0.15, -0.1) is 0 Å². The Balaban J connectivity index is 2.04. The summed E-state index contributed by atoms with van der Waals surface area (Å²) in [5.74, 6) is 1.60. The van der Waals surface area contributed by atoms with Gasteiger partial charge in [0.2, 0.25) is 0 Å². The standard InChI is InChI=1S/C14H19NO3S/c1-10(19(3)16)8-15-9-12-7-11-5-4-6-13(17-2)14(11)18-12/h4-7,10,15H,8-9H2,1-3H3. The highest BCUT2D eigenvalue weighted by Crippen LogP contribution is 2.28. The summed E-state index contributed by atoms with van der Waals surface area (Å²) in [4.78, 5) is 0. The van der Waals surface area contributed by atoms with E-state index in [4.69, 9.17) is 9.15 Å². The highest BCUT2D eigenvalue weighted by molar-refractivity contribution is 7.84. The van der Waals surface area contributed by atoms with Gasteiger partial charge in [0.25, 0.3) is 0 Å². The Kier molecular flexibility index (Phi) is 4.61. The highest BCUT2D eigenvalue weighted by atomic mass is 32.2. The van der Waals surface area contributed by atoms with Crippen molar-refractivity contribution in [1.29, 1.82) is 0 Å². The van der Waals surface area contributed by atoms with Crippen LogP contribution in [-0.4, -0.2) is 29.4 Å². The molecular weight excluding hydrogens is 262 g/mol. The normalized spacial score (nSPS) is 14.5. The zero-order valence-electron chi connectivity index (χ0n) is 11.4. The monoisotopic (exact) mass is 281 g/mol. The van der Waals surface area contributed by atoms with Crippen molar-refractivity contribution in [3.05, 3.63) is 30.0 Å². The number of ether oxygens (including phenoxy) is 1. The number of para-hydroxylation sites is 1. The van der Waals surface area contributed by atoms with Crippen LogP contribution in [0.1, 0.15) is 12.7 Å². The molecule has 0 saturated heterocycles. The summed E-state index contributed by atoms with van der Waals surface area (Å²) in [6.45, 7) is 3.29. The minimum Gasteiger partial charge on any atom is -0.493 e. The number of hydrogen-bond acceptors (Lipinski definition) is 4. The van der Waals surface area contributed by atoms with Gasteiger partial charge < -0.3 is 14.5 Å². The molecule has 0 spiro atoms. The molecule has 0 aliphatic heterocycles. The van der Waals surface area contributed by atoms with Crippen LogP contribution in [-0.2, 0) is 17.3 Å². The number of fused-ring (bicyclic) bond motifs is 1. The largest absolute Gasteiger partial charge is 0.493 e. The van der Waals surface area contributed by atoms with Gasteiger partial charge in [0.15, 0.2) is 11.3 Å². The van der Waals surface area contributed by atoms with Gasteiger partial charge >= 0.3 is 0 Å². The molecule has 2 atom stereocenters. The molecule has 0 radical (unpaired) electrons. The molecule has 2 unspecified atom stereocenters. The van der Waals surface area contributed by atoms with E-state index in [9.17, 15) is 4.21 Å². The molecular formula is C14H19NO3S. The summed E-state index contributed by atoms with van der Waals surface area (Å²) in [5, 5.41) is 4.42. The molecule has 1 heterocycles. The second-order valence-electron chi connectivity index (χ2n) is 4.53. The minimum atomic E-state index is -0.801. The average Bonchev–Trinajstić information content (AvgIpc) is 2.80. The molecule has 1 N–H and O–H groups in total. The Morgan fingerprint density at radius 1 is 1.47 bits per heavy atom. The lowest BCUT2D eigenvalue weighted by Gasteiger charge is -2.08. The Morgan fingerprint density at radius 3 is 2.95 bits per heavy atom. The van der Waals surface area contributed by atoms with E-state index in [0.717, 1.165) is 22.5 Å². The van der Waals surface area contributed by atoms with Crippen LogP contribution in [0.3, 0.4) is 0 Å². The summed E-state index contributed by atoms with van der Waals surface area (Å²) in [7, 11) is 0.831. The third kappa shape index (κ3) is 3.36. The fourth-order valence-corrected chi connectivity index (χ4v) is 2.21. The molecule has 1 aromatic carbocycles. The maximum absolute atomic E-state index is 11.2. The quantitative estimate of drug-likeness (QED) is 0.882. The minimum absolute atomic E-state index is 0.138. The number of hydrogen-bond donors (Lipinski definition) is 1. The Morgan fingerprint density at radius 2 is 2.26 bits per heavy atom. The van der Waals surface area contributed by atoms with Crippen molar-refractivity contribution < 1.29 is 13.4 Å². The fraction of sp³-hybridized carbons (Fsp3) is 0.429. The summed E-state index contributed by atoms with van der Waals surface area (Å²) < 4.78 is 22.3. The molecule has 0 fully saturated rings. The summed E-state index contributed by atoms with van der Waals surface area (Å²) >= 11 is 0. The van der Waals surface area contributed by atoms with Gasteiger partial charge in [0.1, 0.15) is 5.76 Å². The smallest absolute Gasteiger partial charge is 0.176 e. The van der Waals surface area contributed by atoms with Crippen LogP contribution in [0.25, 0.3) is 11.0 Å². The Hall–Kier alpha value is -1.33. The third-order valence-electron chi connectivity index (χ3n) is 3.08. The number of benzene rings is 1. The molecule has 4 nitrogen and oxygen atoms in total. The van der Waals surface area contributed by atoms with Crippen molar-refractivity contribution >= 4 is 21.8 Å². The first-order valence-electron chi connectivity index (χ1n) is 6.20. The van der Waals surface area contributed by atoms with Crippen molar-refractivity contribution in [3.8, 4) is 5.75 Å². The van der Waals surface area contributed by atoms with Crippen molar-refractivity contribution in [2.24, 2.45) is 0 Å². The van der Waals surface area contributed by atoms with Crippen molar-refractivity contribution in [3.63, 3.8) is 0 Å². The second kappa shape index (κ2) is 6.21. The van der Waals surface area contributed by atoms with E-state index in [1.165, 1.54) is 0 Å². The van der Waals surface area contributed by atoms with Gasteiger partial charge in [-0.1, -0.05) is 12.1 Å². The van der Waals surface area contributed by atoms with Gasteiger partial charge in [-0.2, -0.15) is 0 Å². The lowest BCUT2D eigenvalue weighted by molar-refractivity contribution is 0.406. The van der Waals surface area contributed by atoms with E-state index < -0.39 is 10.8 Å². The predicted octanol–water partition coefficient (Wildman–Crippen LogP) is 2.30. The third-order valence-corrected chi connectivity index (χ3v) is 4.38. The van der Waals surface area contributed by atoms with Crippen LogP contribution >= 0.6 is 0 Å². The van der Waals surface area contributed by atoms with E-state index in [-0.39, 0.29) is 5.25 Å². The number of nitrogens with one attached hydrogen (secondary N) is 1. The highest BCUT2D eigenvalue weighted by Gasteiger charge is 2.09. The lowest BCUT2D eigenvalue weighted by Crippen LogP contribution is -2.26. The second-order valence-corrected chi connectivity index (χ2v) is 6.33. The van der Waals surface area contributed by atoms with Crippen LogP contribution in [0.2, 0.25) is 0 Å². The average molecular weight is 281 g/mol. The topological polar surface area (TPSA) is 51.5 Å². The van der Waals surface area contributed by atoms with Crippen molar-refractivity contribution in [2.45, 2.75) is 18.7 Å². The molecule has 19 heavy (non-hydrogen) atoms. The molecule has 1 aromatic heterocycles. The van der Waals surface area contributed by atoms with Gasteiger partial charge in [0, 0.05) is 34.2 Å². The van der Waals surface area contributed by atoms with Crippen LogP contribution in [0.5, 0.6) is 5.75 Å². The first-order chi connectivity index (χ1) is 9.11. The van der Waals surface area contributed by atoms with Gasteiger partial charge in [-0.05, 0) is 19.1 Å². The predicted molar refractivity (Wildman–Crippen MR) is 78.0 cm³/mol. The van der Waals surface area contributed by atoms with Crippen LogP contribution in [0.15, 0.2) is 28.7 Å². The molecule has 0 aliphatic rings. The SMILES string of the molecule is COc1cccc2cc(CNCC(C)S(C)=O)oc12. The molecule has 2 rings (SSSR count). The van der Waals surface area contributed by atoms with Crippen LogP contribution < -0.4 is 10.1 Å². The van der Waals surface area contributed by atoms with Gasteiger partial charge in [-0.25, -0.2) is 0 Å². The summed E-state index contributed by atoms with van der Waals surface area (Å²) in [5.41, 5.74) is 0.772. The molecule has 0 amide bonds. The van der Waals surface area contributed by atoms with E-state index in [1.807, 2.05) is 31.2 Å². The Bertz CT molecular complexity index is 579. The van der Waals surface area contributed by atoms with Crippen molar-refractivity contribution in [1.82, 2.24) is 5.32 Å². The first-order valence-corrected chi connectivity index (χ1v) is 7.82. The van der Waals surface area contributed by atoms with E-state index in [2.05, 4.69) is 5.32 Å².